The Bertz CT molecular complexity index is 719. The molecule has 0 saturated heterocycles. The number of nitrogens with zero attached hydrogens (tertiary/aromatic N) is 2. The number of fused-ring (bicyclic) bond motifs is 1. The minimum Gasteiger partial charge on any atom is -0.329 e. The smallest absolute Gasteiger partial charge is 0.151 e. The fourth-order valence-electron chi connectivity index (χ4n) is 2.29. The molecule has 3 aromatic rings. The van der Waals surface area contributed by atoms with Crippen LogP contribution in [0.5, 0.6) is 0 Å². The quantitative estimate of drug-likeness (QED) is 0.765. The summed E-state index contributed by atoms with van der Waals surface area (Å²) in [4.78, 5) is 4.35. The average molecular weight is 255 g/mol. The van der Waals surface area contributed by atoms with Crippen LogP contribution in [0.1, 0.15) is 17.4 Å². The van der Waals surface area contributed by atoms with Crippen molar-refractivity contribution in [2.75, 3.05) is 0 Å². The Morgan fingerprint density at radius 1 is 1.11 bits per heavy atom. The molecule has 1 unspecified atom stereocenters. The van der Waals surface area contributed by atoms with Crippen molar-refractivity contribution in [1.29, 1.82) is 0 Å². The van der Waals surface area contributed by atoms with E-state index in [1.54, 1.807) is 6.07 Å². The van der Waals surface area contributed by atoms with Crippen molar-refractivity contribution in [2.45, 2.75) is 6.04 Å². The highest BCUT2D eigenvalue weighted by atomic mass is 19.1. The van der Waals surface area contributed by atoms with Crippen molar-refractivity contribution < 1.29 is 4.39 Å². The van der Waals surface area contributed by atoms with Gasteiger partial charge in [-0.3, -0.25) is 0 Å². The summed E-state index contributed by atoms with van der Waals surface area (Å²) in [5.41, 5.74) is 8.30. The van der Waals surface area contributed by atoms with Crippen LogP contribution in [0.25, 0.3) is 11.0 Å². The third kappa shape index (κ3) is 1.90. The second-order valence-corrected chi connectivity index (χ2v) is 4.52. The maximum absolute atomic E-state index is 13.7. The largest absolute Gasteiger partial charge is 0.329 e. The predicted molar refractivity (Wildman–Crippen MR) is 73.1 cm³/mol. The van der Waals surface area contributed by atoms with Gasteiger partial charge in [0.2, 0.25) is 0 Å². The molecule has 0 saturated carbocycles. The van der Waals surface area contributed by atoms with E-state index in [4.69, 9.17) is 5.73 Å². The van der Waals surface area contributed by atoms with Gasteiger partial charge in [-0.2, -0.15) is 0 Å². The second kappa shape index (κ2) is 4.48. The van der Waals surface area contributed by atoms with E-state index in [1.807, 2.05) is 48.0 Å². The van der Waals surface area contributed by atoms with Gasteiger partial charge in [0.15, 0.2) is 5.82 Å². The van der Waals surface area contributed by atoms with Crippen LogP contribution in [0.4, 0.5) is 4.39 Å². The first-order valence-electron chi connectivity index (χ1n) is 6.10. The molecule has 2 N–H and O–H groups in total. The Hall–Kier alpha value is -2.20. The van der Waals surface area contributed by atoms with Crippen LogP contribution in [0.2, 0.25) is 0 Å². The molecule has 0 amide bonds. The molecule has 0 radical (unpaired) electrons. The standard InChI is InChI=1S/C15H14FN3/c1-19-12-9-5-8-11(16)14(12)18-15(19)13(17)10-6-3-2-4-7-10/h2-9,13H,17H2,1H3. The van der Waals surface area contributed by atoms with E-state index in [2.05, 4.69) is 4.98 Å². The first-order valence-corrected chi connectivity index (χ1v) is 6.10. The van der Waals surface area contributed by atoms with E-state index in [9.17, 15) is 4.39 Å². The van der Waals surface area contributed by atoms with E-state index in [1.165, 1.54) is 6.07 Å². The van der Waals surface area contributed by atoms with Gasteiger partial charge >= 0.3 is 0 Å². The molecule has 0 aliphatic rings. The number of halogens is 1. The Morgan fingerprint density at radius 3 is 2.53 bits per heavy atom. The van der Waals surface area contributed by atoms with Gasteiger partial charge in [0.05, 0.1) is 11.6 Å². The summed E-state index contributed by atoms with van der Waals surface area (Å²) < 4.78 is 15.6. The first kappa shape index (κ1) is 11.9. The van der Waals surface area contributed by atoms with E-state index < -0.39 is 0 Å². The molecule has 3 nitrogen and oxygen atoms in total. The van der Waals surface area contributed by atoms with Gasteiger partial charge in [-0.05, 0) is 17.7 Å². The summed E-state index contributed by atoms with van der Waals surface area (Å²) in [6.07, 6.45) is 0. The number of hydrogen-bond acceptors (Lipinski definition) is 2. The summed E-state index contributed by atoms with van der Waals surface area (Å²) in [6, 6.07) is 14.2. The van der Waals surface area contributed by atoms with Crippen molar-refractivity contribution in [2.24, 2.45) is 12.8 Å². The van der Waals surface area contributed by atoms with Crippen molar-refractivity contribution in [3.63, 3.8) is 0 Å². The van der Waals surface area contributed by atoms with E-state index in [0.29, 0.717) is 11.3 Å². The number of aryl methyl sites for hydroxylation is 1. The molecule has 96 valence electrons. The van der Waals surface area contributed by atoms with Gasteiger partial charge in [-0.25, -0.2) is 9.37 Å². The Kier molecular flexibility index (Phi) is 2.80. The fourth-order valence-corrected chi connectivity index (χ4v) is 2.29. The number of hydrogen-bond donors (Lipinski definition) is 1. The maximum Gasteiger partial charge on any atom is 0.151 e. The predicted octanol–water partition coefficient (Wildman–Crippen LogP) is 2.76. The first-order chi connectivity index (χ1) is 9.18. The summed E-state index contributed by atoms with van der Waals surface area (Å²) in [5, 5.41) is 0. The van der Waals surface area contributed by atoms with Gasteiger partial charge in [0, 0.05) is 7.05 Å². The Balaban J connectivity index is 2.16. The zero-order valence-electron chi connectivity index (χ0n) is 10.5. The van der Waals surface area contributed by atoms with E-state index >= 15 is 0 Å². The third-order valence-corrected chi connectivity index (χ3v) is 3.33. The van der Waals surface area contributed by atoms with Crippen LogP contribution < -0.4 is 5.73 Å². The number of aromatic nitrogens is 2. The van der Waals surface area contributed by atoms with Crippen LogP contribution in [-0.2, 0) is 7.05 Å². The van der Waals surface area contributed by atoms with Gasteiger partial charge in [-0.1, -0.05) is 36.4 Å². The molecule has 0 aliphatic heterocycles. The van der Waals surface area contributed by atoms with Crippen molar-refractivity contribution in [3.05, 3.63) is 65.7 Å². The lowest BCUT2D eigenvalue weighted by Gasteiger charge is -2.11. The van der Waals surface area contributed by atoms with Crippen LogP contribution in [-0.4, -0.2) is 9.55 Å². The SMILES string of the molecule is Cn1c(C(N)c2ccccc2)nc2c(F)cccc21. The van der Waals surface area contributed by atoms with E-state index in [0.717, 1.165) is 11.1 Å². The number of benzene rings is 2. The normalized spacial score (nSPS) is 12.8. The van der Waals surface area contributed by atoms with Gasteiger partial charge < -0.3 is 10.3 Å². The number of rotatable bonds is 2. The molecule has 0 aliphatic carbocycles. The van der Waals surface area contributed by atoms with Gasteiger partial charge in [0.25, 0.3) is 0 Å². The van der Waals surface area contributed by atoms with Crippen LogP contribution >= 0.6 is 0 Å². The second-order valence-electron chi connectivity index (χ2n) is 4.52. The van der Waals surface area contributed by atoms with Crippen LogP contribution in [0.3, 0.4) is 0 Å². The molecule has 2 aromatic carbocycles. The molecule has 19 heavy (non-hydrogen) atoms. The lowest BCUT2D eigenvalue weighted by Crippen LogP contribution is -2.16. The highest BCUT2D eigenvalue weighted by molar-refractivity contribution is 5.76. The van der Waals surface area contributed by atoms with E-state index in [-0.39, 0.29) is 11.9 Å². The lowest BCUT2D eigenvalue weighted by atomic mass is 10.1. The summed E-state index contributed by atoms with van der Waals surface area (Å²) in [7, 11) is 1.85. The van der Waals surface area contributed by atoms with Crippen LogP contribution in [0.15, 0.2) is 48.5 Å². The highest BCUT2D eigenvalue weighted by Gasteiger charge is 2.17. The van der Waals surface area contributed by atoms with Crippen LogP contribution in [0, 0.1) is 5.82 Å². The zero-order valence-corrected chi connectivity index (χ0v) is 10.5. The maximum atomic E-state index is 13.7. The summed E-state index contributed by atoms with van der Waals surface area (Å²) in [5.74, 6) is 0.339. The molecule has 1 aromatic heterocycles. The van der Waals surface area contributed by atoms with Crippen molar-refractivity contribution >= 4 is 11.0 Å². The highest BCUT2D eigenvalue weighted by Crippen LogP contribution is 2.24. The molecular weight excluding hydrogens is 241 g/mol. The molecular formula is C15H14FN3. The molecule has 0 spiro atoms. The van der Waals surface area contributed by atoms with Gasteiger partial charge in [0.1, 0.15) is 11.3 Å². The number of imidazole rings is 1. The minimum absolute atomic E-state index is 0.320. The van der Waals surface area contributed by atoms with Crippen molar-refractivity contribution in [3.8, 4) is 0 Å². The molecule has 4 heteroatoms. The summed E-state index contributed by atoms with van der Waals surface area (Å²) >= 11 is 0. The van der Waals surface area contributed by atoms with Crippen molar-refractivity contribution in [1.82, 2.24) is 9.55 Å². The number of para-hydroxylation sites is 1. The topological polar surface area (TPSA) is 43.8 Å². The zero-order chi connectivity index (χ0) is 13.4. The minimum atomic E-state index is -0.363. The number of nitrogens with two attached hydrogens (primary N) is 1. The molecule has 1 atom stereocenters. The Labute approximate surface area is 110 Å². The lowest BCUT2D eigenvalue weighted by molar-refractivity contribution is 0.636. The third-order valence-electron chi connectivity index (χ3n) is 3.33. The molecule has 1 heterocycles. The summed E-state index contributed by atoms with van der Waals surface area (Å²) in [6.45, 7) is 0. The Morgan fingerprint density at radius 2 is 1.84 bits per heavy atom. The molecule has 0 fully saturated rings. The van der Waals surface area contributed by atoms with Gasteiger partial charge in [-0.15, -0.1) is 0 Å². The molecule has 0 bridgehead atoms. The molecule has 3 rings (SSSR count). The monoisotopic (exact) mass is 255 g/mol. The average Bonchev–Trinajstić information content (AvgIpc) is 2.78. The fraction of sp³-hybridized carbons (Fsp3) is 0.133.